The Bertz CT molecular complexity index is 556. The number of benzene rings is 2. The van der Waals surface area contributed by atoms with Crippen LogP contribution in [0.5, 0.6) is 0 Å². The fourth-order valence-electron chi connectivity index (χ4n) is 1.68. The van der Waals surface area contributed by atoms with Gasteiger partial charge in [0.05, 0.1) is 5.56 Å². The summed E-state index contributed by atoms with van der Waals surface area (Å²) in [6.07, 6.45) is 0. The van der Waals surface area contributed by atoms with E-state index in [1.54, 1.807) is 19.1 Å². The molecule has 0 saturated carbocycles. The van der Waals surface area contributed by atoms with E-state index in [2.05, 4.69) is 22.6 Å². The SMILES string of the molecule is Cc1c(I)cccc1-c1c(F)cc(F)cc1F. The van der Waals surface area contributed by atoms with Crippen molar-refractivity contribution in [1.29, 1.82) is 0 Å². The molecule has 0 amide bonds. The second-order valence-corrected chi connectivity index (χ2v) is 4.82. The Morgan fingerprint density at radius 1 is 1.00 bits per heavy atom. The van der Waals surface area contributed by atoms with Crippen molar-refractivity contribution in [3.8, 4) is 11.1 Å². The highest BCUT2D eigenvalue weighted by molar-refractivity contribution is 14.1. The van der Waals surface area contributed by atoms with Gasteiger partial charge in [0.25, 0.3) is 0 Å². The molecule has 0 aromatic heterocycles. The number of rotatable bonds is 1. The first-order valence-electron chi connectivity index (χ1n) is 4.90. The molecule has 2 aromatic rings. The van der Waals surface area contributed by atoms with Crippen molar-refractivity contribution in [1.82, 2.24) is 0 Å². The number of hydrogen-bond acceptors (Lipinski definition) is 0. The maximum atomic E-state index is 13.6. The van der Waals surface area contributed by atoms with Crippen molar-refractivity contribution in [2.24, 2.45) is 0 Å². The van der Waals surface area contributed by atoms with Crippen LogP contribution in [0.25, 0.3) is 11.1 Å². The highest BCUT2D eigenvalue weighted by atomic mass is 127. The van der Waals surface area contributed by atoms with Gasteiger partial charge in [0.1, 0.15) is 17.5 Å². The summed E-state index contributed by atoms with van der Waals surface area (Å²) in [4.78, 5) is 0. The first-order valence-corrected chi connectivity index (χ1v) is 5.98. The van der Waals surface area contributed by atoms with Gasteiger partial charge in [-0.2, -0.15) is 0 Å². The Labute approximate surface area is 111 Å². The summed E-state index contributed by atoms with van der Waals surface area (Å²) >= 11 is 2.09. The van der Waals surface area contributed by atoms with E-state index in [-0.39, 0.29) is 5.56 Å². The van der Waals surface area contributed by atoms with Crippen LogP contribution in [0.4, 0.5) is 13.2 Å². The molecule has 0 spiro atoms. The average Bonchev–Trinajstić information content (AvgIpc) is 2.23. The minimum Gasteiger partial charge on any atom is -0.207 e. The van der Waals surface area contributed by atoms with Crippen LogP contribution in [0.3, 0.4) is 0 Å². The molecule has 0 atom stereocenters. The molecule has 4 heteroatoms. The minimum atomic E-state index is -0.910. The Hall–Kier alpha value is -1.04. The lowest BCUT2D eigenvalue weighted by molar-refractivity contribution is 0.548. The zero-order valence-electron chi connectivity index (χ0n) is 8.90. The van der Waals surface area contributed by atoms with Crippen molar-refractivity contribution in [3.05, 3.63) is 56.9 Å². The lowest BCUT2D eigenvalue weighted by atomic mass is 9.99. The van der Waals surface area contributed by atoms with E-state index in [1.807, 2.05) is 6.07 Å². The first kappa shape index (κ1) is 12.4. The predicted molar refractivity (Wildman–Crippen MR) is 69.2 cm³/mol. The minimum absolute atomic E-state index is 0.178. The summed E-state index contributed by atoms with van der Waals surface area (Å²) in [5, 5.41) is 0. The van der Waals surface area contributed by atoms with Crippen LogP contribution in [-0.2, 0) is 0 Å². The topological polar surface area (TPSA) is 0 Å². The molecule has 0 radical (unpaired) electrons. The van der Waals surface area contributed by atoms with Gasteiger partial charge in [0.15, 0.2) is 0 Å². The zero-order valence-corrected chi connectivity index (χ0v) is 11.1. The Kier molecular flexibility index (Phi) is 3.42. The molecule has 0 saturated heterocycles. The van der Waals surface area contributed by atoms with E-state index < -0.39 is 17.5 Å². The molecule has 0 bridgehead atoms. The molecule has 0 nitrogen and oxygen atoms in total. The van der Waals surface area contributed by atoms with Gasteiger partial charge in [-0.1, -0.05) is 12.1 Å². The van der Waals surface area contributed by atoms with E-state index in [0.717, 1.165) is 9.13 Å². The summed E-state index contributed by atoms with van der Waals surface area (Å²) in [6, 6.07) is 6.57. The van der Waals surface area contributed by atoms with Crippen LogP contribution in [0.2, 0.25) is 0 Å². The highest BCUT2D eigenvalue weighted by Crippen LogP contribution is 2.31. The van der Waals surface area contributed by atoms with Crippen molar-refractivity contribution in [2.75, 3.05) is 0 Å². The average molecular weight is 348 g/mol. The highest BCUT2D eigenvalue weighted by Gasteiger charge is 2.15. The molecule has 0 fully saturated rings. The predicted octanol–water partition coefficient (Wildman–Crippen LogP) is 4.68. The molecule has 88 valence electrons. The Morgan fingerprint density at radius 2 is 1.59 bits per heavy atom. The van der Waals surface area contributed by atoms with E-state index in [9.17, 15) is 13.2 Å². The van der Waals surface area contributed by atoms with Gasteiger partial charge >= 0.3 is 0 Å². The Morgan fingerprint density at radius 3 is 2.18 bits per heavy atom. The van der Waals surface area contributed by atoms with Crippen LogP contribution in [0, 0.1) is 27.9 Å². The molecule has 0 N–H and O–H groups in total. The Balaban J connectivity index is 2.73. The summed E-state index contributed by atoms with van der Waals surface area (Å²) in [7, 11) is 0. The molecule has 0 heterocycles. The lowest BCUT2D eigenvalue weighted by Crippen LogP contribution is -1.95. The first-order chi connectivity index (χ1) is 8.00. The van der Waals surface area contributed by atoms with Gasteiger partial charge < -0.3 is 0 Å². The number of halogens is 4. The maximum Gasteiger partial charge on any atom is 0.136 e. The van der Waals surface area contributed by atoms with Gasteiger partial charge in [0.2, 0.25) is 0 Å². The summed E-state index contributed by atoms with van der Waals surface area (Å²) in [5.74, 6) is -2.67. The lowest BCUT2D eigenvalue weighted by Gasteiger charge is -2.10. The van der Waals surface area contributed by atoms with E-state index in [1.165, 1.54) is 0 Å². The van der Waals surface area contributed by atoms with E-state index >= 15 is 0 Å². The fraction of sp³-hybridized carbons (Fsp3) is 0.0769. The van der Waals surface area contributed by atoms with Gasteiger partial charge in [-0.3, -0.25) is 0 Å². The third kappa shape index (κ3) is 2.31. The monoisotopic (exact) mass is 348 g/mol. The smallest absolute Gasteiger partial charge is 0.136 e. The van der Waals surface area contributed by atoms with Crippen LogP contribution in [0.15, 0.2) is 30.3 Å². The molecule has 2 rings (SSSR count). The third-order valence-corrected chi connectivity index (χ3v) is 3.71. The van der Waals surface area contributed by atoms with Gasteiger partial charge in [-0.25, -0.2) is 13.2 Å². The molecule has 0 aliphatic heterocycles. The third-order valence-electron chi connectivity index (χ3n) is 2.54. The maximum absolute atomic E-state index is 13.6. The van der Waals surface area contributed by atoms with Crippen molar-refractivity contribution in [3.63, 3.8) is 0 Å². The van der Waals surface area contributed by atoms with Crippen molar-refractivity contribution in [2.45, 2.75) is 6.92 Å². The molecule has 17 heavy (non-hydrogen) atoms. The van der Waals surface area contributed by atoms with Crippen LogP contribution < -0.4 is 0 Å². The largest absolute Gasteiger partial charge is 0.207 e. The molecule has 0 aliphatic rings. The second kappa shape index (κ2) is 4.68. The zero-order chi connectivity index (χ0) is 12.6. The van der Waals surface area contributed by atoms with Gasteiger partial charge in [-0.05, 0) is 46.7 Å². The van der Waals surface area contributed by atoms with Crippen LogP contribution in [-0.4, -0.2) is 0 Å². The quantitative estimate of drug-likeness (QED) is 0.657. The van der Waals surface area contributed by atoms with Crippen molar-refractivity contribution < 1.29 is 13.2 Å². The van der Waals surface area contributed by atoms with Crippen LogP contribution >= 0.6 is 22.6 Å². The second-order valence-electron chi connectivity index (χ2n) is 3.66. The number of hydrogen-bond donors (Lipinski definition) is 0. The van der Waals surface area contributed by atoms with Gasteiger partial charge in [-0.15, -0.1) is 0 Å². The normalized spacial score (nSPS) is 10.6. The summed E-state index contributed by atoms with van der Waals surface area (Å²) in [5.41, 5.74) is 1.05. The molecular weight excluding hydrogens is 340 g/mol. The molecule has 0 aliphatic carbocycles. The van der Waals surface area contributed by atoms with E-state index in [4.69, 9.17) is 0 Å². The van der Waals surface area contributed by atoms with E-state index in [0.29, 0.717) is 17.7 Å². The summed E-state index contributed by atoms with van der Waals surface area (Å²) in [6.45, 7) is 1.78. The van der Waals surface area contributed by atoms with Crippen LogP contribution in [0.1, 0.15) is 5.56 Å². The standard InChI is InChI=1S/C13H8F3I/c1-7-9(3-2-4-12(7)17)13-10(15)5-8(14)6-11(13)16/h2-6H,1H3. The molecule has 2 aromatic carbocycles. The molecule has 0 unspecified atom stereocenters. The molecular formula is C13H8F3I. The fourth-order valence-corrected chi connectivity index (χ4v) is 2.18. The summed E-state index contributed by atoms with van der Waals surface area (Å²) < 4.78 is 41.0. The van der Waals surface area contributed by atoms with Crippen molar-refractivity contribution >= 4 is 22.6 Å². The van der Waals surface area contributed by atoms with Gasteiger partial charge in [0, 0.05) is 15.7 Å².